The van der Waals surface area contributed by atoms with Crippen LogP contribution >= 0.6 is 0 Å². The molecule has 0 spiro atoms. The molecule has 25 heavy (non-hydrogen) atoms. The van der Waals surface area contributed by atoms with E-state index in [2.05, 4.69) is 15.6 Å². The first kappa shape index (κ1) is 15.7. The van der Waals surface area contributed by atoms with Crippen LogP contribution in [0.2, 0.25) is 0 Å². The average molecular weight is 340 g/mol. The van der Waals surface area contributed by atoms with Gasteiger partial charge in [0.05, 0.1) is 6.54 Å². The average Bonchev–Trinajstić information content (AvgIpc) is 3.14. The molecule has 0 radical (unpaired) electrons. The van der Waals surface area contributed by atoms with E-state index in [-0.39, 0.29) is 30.3 Å². The van der Waals surface area contributed by atoms with E-state index >= 15 is 0 Å². The van der Waals surface area contributed by atoms with Gasteiger partial charge >= 0.3 is 0 Å². The Morgan fingerprint density at radius 3 is 2.84 bits per heavy atom. The summed E-state index contributed by atoms with van der Waals surface area (Å²) in [5.41, 5.74) is 3.80. The minimum absolute atomic E-state index is 0.0405. The summed E-state index contributed by atoms with van der Waals surface area (Å²) >= 11 is 0. The first-order valence-corrected chi connectivity index (χ1v) is 8.41. The number of aryl methyl sites for hydroxylation is 2. The Balaban J connectivity index is 1.52. The topological polar surface area (TPSA) is 94.3 Å². The molecule has 0 saturated carbocycles. The highest BCUT2D eigenvalue weighted by Gasteiger charge is 2.42. The standard InChI is InChI=1S/C18H20N4O3/c1-9-10(2)20-14-4-3-11(5-13(9)14)17(24)21-12-6-15-18(25)19-7-16(23)22(15)8-12/h3-5,12,15,20H,6-8H2,1-2H3,(H,19,25)(H,21,24)/t12-,15+/m1/s1. The zero-order valence-corrected chi connectivity index (χ0v) is 14.2. The second-order valence-electron chi connectivity index (χ2n) is 6.82. The molecule has 1 aromatic carbocycles. The number of benzene rings is 1. The van der Waals surface area contributed by atoms with Crippen molar-refractivity contribution in [3.63, 3.8) is 0 Å². The molecule has 130 valence electrons. The summed E-state index contributed by atoms with van der Waals surface area (Å²) in [6.45, 7) is 4.45. The van der Waals surface area contributed by atoms with Crippen molar-refractivity contribution in [1.82, 2.24) is 20.5 Å². The fourth-order valence-corrected chi connectivity index (χ4v) is 3.72. The minimum Gasteiger partial charge on any atom is -0.358 e. The lowest BCUT2D eigenvalue weighted by Crippen LogP contribution is -2.55. The van der Waals surface area contributed by atoms with Crippen molar-refractivity contribution in [3.8, 4) is 0 Å². The number of aromatic amines is 1. The molecule has 0 bridgehead atoms. The fraction of sp³-hybridized carbons (Fsp3) is 0.389. The minimum atomic E-state index is -0.469. The molecule has 1 aromatic heterocycles. The molecule has 2 aromatic rings. The number of carbonyl (C=O) groups is 3. The molecule has 2 saturated heterocycles. The Labute approximate surface area is 144 Å². The predicted octanol–water partition coefficient (Wildman–Crippen LogP) is 0.614. The number of aromatic nitrogens is 1. The number of H-pyrrole nitrogens is 1. The molecular formula is C18H20N4O3. The molecule has 2 aliphatic rings. The Kier molecular flexibility index (Phi) is 3.52. The number of rotatable bonds is 2. The Morgan fingerprint density at radius 1 is 1.28 bits per heavy atom. The third-order valence-corrected chi connectivity index (χ3v) is 5.24. The van der Waals surface area contributed by atoms with Gasteiger partial charge in [0.15, 0.2) is 0 Å². The maximum atomic E-state index is 12.6. The molecule has 0 aliphatic carbocycles. The molecule has 4 rings (SSSR count). The number of piperazine rings is 1. The smallest absolute Gasteiger partial charge is 0.251 e. The van der Waals surface area contributed by atoms with Crippen LogP contribution in [0, 0.1) is 13.8 Å². The van der Waals surface area contributed by atoms with Gasteiger partial charge in [0.25, 0.3) is 5.91 Å². The highest BCUT2D eigenvalue weighted by molar-refractivity contribution is 6.00. The number of hydrogen-bond donors (Lipinski definition) is 3. The molecule has 7 nitrogen and oxygen atoms in total. The van der Waals surface area contributed by atoms with Gasteiger partial charge in [-0.2, -0.15) is 0 Å². The van der Waals surface area contributed by atoms with E-state index in [9.17, 15) is 14.4 Å². The Bertz CT molecular complexity index is 877. The highest BCUT2D eigenvalue weighted by atomic mass is 16.2. The van der Waals surface area contributed by atoms with E-state index in [1.807, 2.05) is 26.0 Å². The summed E-state index contributed by atoms with van der Waals surface area (Å²) in [6.07, 6.45) is 0.452. The first-order chi connectivity index (χ1) is 11.9. The van der Waals surface area contributed by atoms with Gasteiger partial charge in [-0.1, -0.05) is 0 Å². The predicted molar refractivity (Wildman–Crippen MR) is 92.2 cm³/mol. The van der Waals surface area contributed by atoms with Gasteiger partial charge < -0.3 is 20.5 Å². The van der Waals surface area contributed by atoms with Gasteiger partial charge in [-0.05, 0) is 44.0 Å². The number of nitrogens with one attached hydrogen (secondary N) is 3. The summed E-state index contributed by atoms with van der Waals surface area (Å²) in [5, 5.41) is 6.58. The van der Waals surface area contributed by atoms with Crippen LogP contribution in [0.3, 0.4) is 0 Å². The normalized spacial score (nSPS) is 22.9. The van der Waals surface area contributed by atoms with Crippen LogP contribution in [0.25, 0.3) is 10.9 Å². The van der Waals surface area contributed by atoms with Crippen molar-refractivity contribution in [2.24, 2.45) is 0 Å². The van der Waals surface area contributed by atoms with E-state index in [4.69, 9.17) is 0 Å². The molecule has 3 heterocycles. The molecule has 0 unspecified atom stereocenters. The number of hydrogen-bond acceptors (Lipinski definition) is 3. The summed E-state index contributed by atoms with van der Waals surface area (Å²) < 4.78 is 0. The lowest BCUT2D eigenvalue weighted by Gasteiger charge is -2.28. The van der Waals surface area contributed by atoms with Crippen LogP contribution in [0.15, 0.2) is 18.2 Å². The highest BCUT2D eigenvalue weighted by Crippen LogP contribution is 2.24. The van der Waals surface area contributed by atoms with Crippen molar-refractivity contribution in [2.45, 2.75) is 32.4 Å². The monoisotopic (exact) mass is 340 g/mol. The van der Waals surface area contributed by atoms with Gasteiger partial charge in [-0.3, -0.25) is 14.4 Å². The van der Waals surface area contributed by atoms with Crippen molar-refractivity contribution >= 4 is 28.6 Å². The Morgan fingerprint density at radius 2 is 2.08 bits per heavy atom. The molecule has 7 heteroatoms. The number of nitrogens with zero attached hydrogens (tertiary/aromatic N) is 1. The molecule has 2 atom stereocenters. The van der Waals surface area contributed by atoms with Crippen molar-refractivity contribution in [2.75, 3.05) is 13.1 Å². The van der Waals surface area contributed by atoms with E-state index in [1.54, 1.807) is 11.0 Å². The maximum absolute atomic E-state index is 12.6. The van der Waals surface area contributed by atoms with Crippen molar-refractivity contribution in [3.05, 3.63) is 35.0 Å². The van der Waals surface area contributed by atoms with Gasteiger partial charge in [-0.15, -0.1) is 0 Å². The molecule has 3 N–H and O–H groups in total. The van der Waals surface area contributed by atoms with Crippen LogP contribution in [0.5, 0.6) is 0 Å². The Hall–Kier alpha value is -2.83. The van der Waals surface area contributed by atoms with Gasteiger partial charge in [-0.25, -0.2) is 0 Å². The maximum Gasteiger partial charge on any atom is 0.251 e. The largest absolute Gasteiger partial charge is 0.358 e. The van der Waals surface area contributed by atoms with E-state index < -0.39 is 6.04 Å². The summed E-state index contributed by atoms with van der Waals surface area (Å²) in [4.78, 5) is 41.2. The van der Waals surface area contributed by atoms with Crippen LogP contribution < -0.4 is 10.6 Å². The SMILES string of the molecule is Cc1[nH]c2ccc(C(=O)N[C@@H]3C[C@H]4C(=O)NCC(=O)N4C3)cc2c1C. The molecule has 2 fully saturated rings. The third kappa shape index (κ3) is 2.56. The fourth-order valence-electron chi connectivity index (χ4n) is 3.72. The second-order valence-corrected chi connectivity index (χ2v) is 6.82. The molecular weight excluding hydrogens is 320 g/mol. The summed E-state index contributed by atoms with van der Waals surface area (Å²) in [7, 11) is 0. The van der Waals surface area contributed by atoms with Crippen molar-refractivity contribution < 1.29 is 14.4 Å². The quantitative estimate of drug-likeness (QED) is 0.748. The number of carbonyl (C=O) groups excluding carboxylic acids is 3. The third-order valence-electron chi connectivity index (χ3n) is 5.24. The van der Waals surface area contributed by atoms with E-state index in [0.717, 1.165) is 22.2 Å². The summed E-state index contributed by atoms with van der Waals surface area (Å²) in [6, 6.07) is 4.88. The van der Waals surface area contributed by atoms with Crippen LogP contribution in [-0.4, -0.2) is 52.8 Å². The summed E-state index contributed by atoms with van der Waals surface area (Å²) in [5.74, 6) is -0.421. The molecule has 2 aliphatic heterocycles. The van der Waals surface area contributed by atoms with Crippen LogP contribution in [0.1, 0.15) is 28.0 Å². The van der Waals surface area contributed by atoms with E-state index in [0.29, 0.717) is 18.5 Å². The lowest BCUT2D eigenvalue weighted by atomic mass is 10.1. The van der Waals surface area contributed by atoms with Gasteiger partial charge in [0.2, 0.25) is 11.8 Å². The van der Waals surface area contributed by atoms with Gasteiger partial charge in [0, 0.05) is 34.7 Å². The van der Waals surface area contributed by atoms with E-state index in [1.165, 1.54) is 0 Å². The van der Waals surface area contributed by atoms with Crippen LogP contribution in [-0.2, 0) is 9.59 Å². The van der Waals surface area contributed by atoms with Gasteiger partial charge in [0.1, 0.15) is 6.04 Å². The second kappa shape index (κ2) is 5.61. The number of fused-ring (bicyclic) bond motifs is 2. The van der Waals surface area contributed by atoms with Crippen molar-refractivity contribution in [1.29, 1.82) is 0 Å². The zero-order chi connectivity index (χ0) is 17.7. The zero-order valence-electron chi connectivity index (χ0n) is 14.2. The first-order valence-electron chi connectivity index (χ1n) is 8.41. The lowest BCUT2D eigenvalue weighted by molar-refractivity contribution is -0.143. The molecule has 3 amide bonds. The number of amides is 3. The van der Waals surface area contributed by atoms with Crippen LogP contribution in [0.4, 0.5) is 0 Å².